The predicted molar refractivity (Wildman–Crippen MR) is 66.6 cm³/mol. The molecule has 2 rings (SSSR count). The van der Waals surface area contributed by atoms with Crippen LogP contribution in [0.1, 0.15) is 0 Å². The second-order valence-corrected chi connectivity index (χ2v) is 2.73. The Morgan fingerprint density at radius 3 is 0.933 bits per heavy atom. The molecule has 0 saturated carbocycles. The van der Waals surface area contributed by atoms with Crippen molar-refractivity contribution in [2.75, 3.05) is 0 Å². The average Bonchev–Trinajstić information content (AvgIpc) is 2.21. The summed E-state index contributed by atoms with van der Waals surface area (Å²) in [5.41, 5.74) is 15.1. The number of nitrogens with one attached hydrogen (secondary N) is 2. The molecule has 15 heavy (non-hydrogen) atoms. The first-order chi connectivity index (χ1) is 6.79. The first-order valence-corrected chi connectivity index (χ1v) is 4.32. The van der Waals surface area contributed by atoms with E-state index in [0.717, 1.165) is 0 Å². The SMILES string of the molecule is [Ca+2].[NH-]c1ccccc1.[NH-]c1ccccc1. The quantitative estimate of drug-likeness (QED) is 0.597. The van der Waals surface area contributed by atoms with Crippen molar-refractivity contribution in [3.63, 3.8) is 0 Å². The first kappa shape index (κ1) is 14.3. The van der Waals surface area contributed by atoms with Gasteiger partial charge in [0.25, 0.3) is 0 Å². The van der Waals surface area contributed by atoms with E-state index in [0.29, 0.717) is 11.4 Å². The molecule has 0 bridgehead atoms. The molecular weight excluding hydrogens is 212 g/mol. The Hall–Kier alpha value is -0.700. The molecule has 0 heterocycles. The zero-order valence-corrected chi connectivity index (χ0v) is 10.7. The molecule has 0 unspecified atom stereocenters. The van der Waals surface area contributed by atoms with E-state index < -0.39 is 0 Å². The molecule has 0 aromatic heterocycles. The van der Waals surface area contributed by atoms with Crippen LogP contribution in [-0.2, 0) is 0 Å². The molecule has 0 spiro atoms. The monoisotopic (exact) mass is 224 g/mol. The number of hydrogen-bond donors (Lipinski definition) is 0. The van der Waals surface area contributed by atoms with Crippen molar-refractivity contribution >= 4 is 49.1 Å². The average molecular weight is 224 g/mol. The van der Waals surface area contributed by atoms with Gasteiger partial charge in [0, 0.05) is 0 Å². The van der Waals surface area contributed by atoms with E-state index in [1.54, 1.807) is 24.3 Å². The second-order valence-electron chi connectivity index (χ2n) is 2.73. The Bertz CT molecular complexity index is 311. The molecule has 2 N–H and O–H groups in total. The summed E-state index contributed by atoms with van der Waals surface area (Å²) in [6.07, 6.45) is 0. The van der Waals surface area contributed by atoms with Gasteiger partial charge in [0.15, 0.2) is 0 Å². The van der Waals surface area contributed by atoms with Crippen molar-refractivity contribution in [2.45, 2.75) is 0 Å². The van der Waals surface area contributed by atoms with E-state index in [1.807, 2.05) is 36.4 Å². The molecule has 0 atom stereocenters. The molecule has 0 fully saturated rings. The number of rotatable bonds is 0. The Kier molecular flexibility index (Phi) is 8.19. The maximum absolute atomic E-state index is 7.00. The Labute approximate surface area is 120 Å². The van der Waals surface area contributed by atoms with Crippen LogP contribution in [0.15, 0.2) is 60.7 Å². The molecular formula is C12H12CaN2. The normalized spacial score (nSPS) is 8.00. The maximum atomic E-state index is 7.00. The molecule has 0 aliphatic heterocycles. The van der Waals surface area contributed by atoms with Gasteiger partial charge >= 0.3 is 37.7 Å². The minimum absolute atomic E-state index is 0. The predicted octanol–water partition coefficient (Wildman–Crippen LogP) is 4.36. The fourth-order valence-corrected chi connectivity index (χ4v) is 0.876. The summed E-state index contributed by atoms with van der Waals surface area (Å²) in [7, 11) is 0. The third-order valence-corrected chi connectivity index (χ3v) is 1.55. The van der Waals surface area contributed by atoms with E-state index in [4.69, 9.17) is 11.5 Å². The van der Waals surface area contributed by atoms with Crippen LogP contribution in [0.25, 0.3) is 11.5 Å². The number of hydrogen-bond acceptors (Lipinski definition) is 0. The molecule has 2 aromatic rings. The van der Waals surface area contributed by atoms with Gasteiger partial charge in [-0.15, -0.1) is 11.4 Å². The van der Waals surface area contributed by atoms with E-state index in [2.05, 4.69) is 0 Å². The first-order valence-electron chi connectivity index (χ1n) is 4.32. The van der Waals surface area contributed by atoms with Crippen LogP contribution >= 0.6 is 0 Å². The Morgan fingerprint density at radius 1 is 0.533 bits per heavy atom. The summed E-state index contributed by atoms with van der Waals surface area (Å²) in [5.74, 6) is 0. The molecule has 0 radical (unpaired) electrons. The topological polar surface area (TPSA) is 47.6 Å². The largest absolute Gasteiger partial charge is 2.00 e. The van der Waals surface area contributed by atoms with E-state index in [1.165, 1.54) is 0 Å². The van der Waals surface area contributed by atoms with Crippen LogP contribution < -0.4 is 0 Å². The smallest absolute Gasteiger partial charge is 0.699 e. The van der Waals surface area contributed by atoms with Crippen molar-refractivity contribution < 1.29 is 0 Å². The summed E-state index contributed by atoms with van der Waals surface area (Å²) in [6.45, 7) is 0. The minimum Gasteiger partial charge on any atom is -0.699 e. The molecule has 72 valence electrons. The summed E-state index contributed by atoms with van der Waals surface area (Å²) >= 11 is 0. The zero-order valence-electron chi connectivity index (χ0n) is 8.48. The summed E-state index contributed by atoms with van der Waals surface area (Å²) < 4.78 is 0. The van der Waals surface area contributed by atoms with Crippen LogP contribution in [0.2, 0.25) is 0 Å². The van der Waals surface area contributed by atoms with Gasteiger partial charge < -0.3 is 11.5 Å². The van der Waals surface area contributed by atoms with Gasteiger partial charge in [0.1, 0.15) is 0 Å². The van der Waals surface area contributed by atoms with Gasteiger partial charge in [-0.3, -0.25) is 0 Å². The van der Waals surface area contributed by atoms with E-state index in [9.17, 15) is 0 Å². The van der Waals surface area contributed by atoms with Crippen LogP contribution in [-0.4, -0.2) is 37.7 Å². The maximum Gasteiger partial charge on any atom is 2.00 e. The van der Waals surface area contributed by atoms with Crippen molar-refractivity contribution in [3.8, 4) is 0 Å². The fourth-order valence-electron chi connectivity index (χ4n) is 0.876. The van der Waals surface area contributed by atoms with Crippen molar-refractivity contribution in [1.82, 2.24) is 0 Å². The van der Waals surface area contributed by atoms with Crippen molar-refractivity contribution in [2.24, 2.45) is 0 Å². The van der Waals surface area contributed by atoms with Crippen LogP contribution in [0, 0.1) is 0 Å². The second kappa shape index (κ2) is 8.60. The van der Waals surface area contributed by atoms with Crippen LogP contribution in [0.3, 0.4) is 0 Å². The van der Waals surface area contributed by atoms with Crippen molar-refractivity contribution in [1.29, 1.82) is 0 Å². The van der Waals surface area contributed by atoms with Crippen LogP contribution in [0.4, 0.5) is 11.4 Å². The Balaban J connectivity index is 0.000000245. The van der Waals surface area contributed by atoms with Crippen LogP contribution in [0.5, 0.6) is 0 Å². The molecule has 0 amide bonds. The fraction of sp³-hybridized carbons (Fsp3) is 0. The zero-order chi connectivity index (χ0) is 10.2. The summed E-state index contributed by atoms with van der Waals surface area (Å²) in [5, 5.41) is 0. The molecule has 0 aliphatic rings. The third kappa shape index (κ3) is 7.25. The third-order valence-electron chi connectivity index (χ3n) is 1.55. The molecule has 2 aromatic carbocycles. The van der Waals surface area contributed by atoms with E-state index >= 15 is 0 Å². The summed E-state index contributed by atoms with van der Waals surface area (Å²) in [4.78, 5) is 0. The summed E-state index contributed by atoms with van der Waals surface area (Å²) in [6, 6.07) is 18.2. The molecule has 3 heteroatoms. The van der Waals surface area contributed by atoms with E-state index in [-0.39, 0.29) is 37.7 Å². The van der Waals surface area contributed by atoms with Gasteiger partial charge in [-0.2, -0.15) is 0 Å². The molecule has 2 nitrogen and oxygen atoms in total. The Morgan fingerprint density at radius 2 is 0.800 bits per heavy atom. The van der Waals surface area contributed by atoms with Crippen molar-refractivity contribution in [3.05, 3.63) is 72.1 Å². The molecule has 0 aliphatic carbocycles. The van der Waals surface area contributed by atoms with Gasteiger partial charge in [-0.1, -0.05) is 60.7 Å². The van der Waals surface area contributed by atoms with Gasteiger partial charge in [-0.05, 0) is 0 Å². The number of benzene rings is 2. The molecule has 0 saturated heterocycles. The van der Waals surface area contributed by atoms with Gasteiger partial charge in [-0.25, -0.2) is 0 Å². The standard InChI is InChI=1S/2C6H6N.Ca/c2*7-6-4-2-1-3-5-6;/h2*1-5,7H;/q2*-1;+2. The van der Waals surface area contributed by atoms with Gasteiger partial charge in [0.05, 0.1) is 0 Å². The minimum atomic E-state index is 0. The van der Waals surface area contributed by atoms with Gasteiger partial charge in [0.2, 0.25) is 0 Å².